The minimum atomic E-state index is 0.471. The lowest BCUT2D eigenvalue weighted by molar-refractivity contribution is 0.972. The van der Waals surface area contributed by atoms with Gasteiger partial charge in [0.15, 0.2) is 11.0 Å². The summed E-state index contributed by atoms with van der Waals surface area (Å²) in [5, 5.41) is 15.8. The maximum Gasteiger partial charge on any atom is 0.155 e. The molecule has 5 heteroatoms. The van der Waals surface area contributed by atoms with E-state index in [0.29, 0.717) is 5.15 Å². The van der Waals surface area contributed by atoms with Crippen LogP contribution in [0.4, 0.5) is 5.82 Å². The maximum absolute atomic E-state index is 5.89. The van der Waals surface area contributed by atoms with Crippen molar-refractivity contribution in [2.75, 3.05) is 5.32 Å². The molecular weight excluding hydrogens is 242 g/mol. The Morgan fingerprint density at radius 3 is 2.81 bits per heavy atom. The largest absolute Gasteiger partial charge is 0.364 e. The van der Waals surface area contributed by atoms with Gasteiger partial charge in [-0.05, 0) is 47.4 Å². The van der Waals surface area contributed by atoms with Crippen LogP contribution in [0.1, 0.15) is 16.7 Å². The molecule has 0 aliphatic rings. The Hall–Kier alpha value is -1.13. The van der Waals surface area contributed by atoms with Crippen LogP contribution in [0.2, 0.25) is 5.15 Å². The van der Waals surface area contributed by atoms with Crippen LogP contribution in [0.5, 0.6) is 0 Å². The van der Waals surface area contributed by atoms with Crippen molar-refractivity contribution in [2.45, 2.75) is 20.4 Å². The lowest BCUT2D eigenvalue weighted by Gasteiger charge is -2.09. The third kappa shape index (κ3) is 2.33. The number of rotatable bonds is 3. The number of hydrogen-bond donors (Lipinski definition) is 1. The second-order valence-electron chi connectivity index (χ2n) is 3.57. The summed E-state index contributed by atoms with van der Waals surface area (Å²) in [7, 11) is 0. The molecule has 84 valence electrons. The summed E-state index contributed by atoms with van der Waals surface area (Å²) in [4.78, 5) is 0. The number of nitrogens with one attached hydrogen (secondary N) is 1. The van der Waals surface area contributed by atoms with Gasteiger partial charge in [0.05, 0.1) is 0 Å². The molecule has 0 saturated heterocycles. The first kappa shape index (κ1) is 11.4. The second kappa shape index (κ2) is 4.80. The van der Waals surface area contributed by atoms with Gasteiger partial charge >= 0.3 is 0 Å². The van der Waals surface area contributed by atoms with E-state index in [4.69, 9.17) is 11.6 Å². The topological polar surface area (TPSA) is 37.8 Å². The zero-order chi connectivity index (χ0) is 11.5. The van der Waals surface area contributed by atoms with E-state index in [1.54, 1.807) is 11.3 Å². The lowest BCUT2D eigenvalue weighted by Crippen LogP contribution is -2.05. The fourth-order valence-corrected chi connectivity index (χ4v) is 2.17. The van der Waals surface area contributed by atoms with E-state index in [-0.39, 0.29) is 0 Å². The van der Waals surface area contributed by atoms with E-state index in [1.165, 1.54) is 5.56 Å². The van der Waals surface area contributed by atoms with Crippen molar-refractivity contribution < 1.29 is 0 Å². The Bertz CT molecular complexity index is 482. The van der Waals surface area contributed by atoms with E-state index >= 15 is 0 Å². The number of nitrogens with zero attached hydrogens (tertiary/aromatic N) is 2. The summed E-state index contributed by atoms with van der Waals surface area (Å²) in [6.45, 7) is 4.70. The molecule has 0 radical (unpaired) electrons. The smallest absolute Gasteiger partial charge is 0.155 e. The molecule has 3 nitrogen and oxygen atoms in total. The third-order valence-electron chi connectivity index (χ3n) is 2.51. The first-order chi connectivity index (χ1) is 7.68. The number of thiophene rings is 1. The molecule has 0 amide bonds. The average Bonchev–Trinajstić information content (AvgIpc) is 2.78. The molecule has 2 aromatic heterocycles. The minimum absolute atomic E-state index is 0.471. The molecule has 0 aliphatic heterocycles. The molecule has 16 heavy (non-hydrogen) atoms. The summed E-state index contributed by atoms with van der Waals surface area (Å²) in [5.74, 6) is 0.799. The monoisotopic (exact) mass is 253 g/mol. The highest BCUT2D eigenvalue weighted by molar-refractivity contribution is 7.07. The van der Waals surface area contributed by atoms with Gasteiger partial charge in [-0.25, -0.2) is 0 Å². The molecule has 0 spiro atoms. The van der Waals surface area contributed by atoms with Crippen molar-refractivity contribution in [1.29, 1.82) is 0 Å². The van der Waals surface area contributed by atoms with Gasteiger partial charge in [-0.3, -0.25) is 0 Å². The van der Waals surface area contributed by atoms with E-state index in [2.05, 4.69) is 32.3 Å². The molecule has 0 aliphatic carbocycles. The lowest BCUT2D eigenvalue weighted by atomic mass is 10.2. The van der Waals surface area contributed by atoms with Crippen molar-refractivity contribution in [2.24, 2.45) is 0 Å². The van der Waals surface area contributed by atoms with Gasteiger partial charge < -0.3 is 5.32 Å². The highest BCUT2D eigenvalue weighted by Gasteiger charge is 2.07. The van der Waals surface area contributed by atoms with Crippen LogP contribution in [0, 0.1) is 13.8 Å². The van der Waals surface area contributed by atoms with Gasteiger partial charge in [0.1, 0.15) is 0 Å². The van der Waals surface area contributed by atoms with Crippen LogP contribution in [-0.4, -0.2) is 10.2 Å². The van der Waals surface area contributed by atoms with Crippen molar-refractivity contribution in [3.63, 3.8) is 0 Å². The fraction of sp³-hybridized carbons (Fsp3) is 0.273. The molecule has 2 aromatic rings. The number of anilines is 1. The normalized spacial score (nSPS) is 10.4. The van der Waals surface area contributed by atoms with Crippen LogP contribution in [0.25, 0.3) is 0 Å². The standard InChI is InChI=1S/C11H12ClN3S/c1-7-8(2)11(15-14-10(7)12)13-5-9-3-4-16-6-9/h3-4,6H,5H2,1-2H3,(H,13,15). The van der Waals surface area contributed by atoms with Crippen molar-refractivity contribution in [3.8, 4) is 0 Å². The first-order valence-corrected chi connectivity index (χ1v) is 6.25. The first-order valence-electron chi connectivity index (χ1n) is 4.93. The number of hydrogen-bond acceptors (Lipinski definition) is 4. The molecule has 0 atom stereocenters. The highest BCUT2D eigenvalue weighted by Crippen LogP contribution is 2.21. The molecule has 0 unspecified atom stereocenters. The number of aromatic nitrogens is 2. The fourth-order valence-electron chi connectivity index (χ4n) is 1.32. The Morgan fingerprint density at radius 1 is 1.31 bits per heavy atom. The Balaban J connectivity index is 2.13. The molecule has 2 heterocycles. The Labute approximate surface area is 103 Å². The van der Waals surface area contributed by atoms with E-state index < -0.39 is 0 Å². The zero-order valence-corrected chi connectivity index (χ0v) is 10.7. The molecule has 0 fully saturated rings. The van der Waals surface area contributed by atoms with Gasteiger partial charge in [0, 0.05) is 6.54 Å². The molecule has 1 N–H and O–H groups in total. The van der Waals surface area contributed by atoms with Crippen molar-refractivity contribution in [1.82, 2.24) is 10.2 Å². The molecule has 0 bridgehead atoms. The molecule has 0 aromatic carbocycles. The molecule has 2 rings (SSSR count). The Morgan fingerprint density at radius 2 is 2.12 bits per heavy atom. The van der Waals surface area contributed by atoms with Gasteiger partial charge in [0.2, 0.25) is 0 Å². The molecule has 0 saturated carbocycles. The molecular formula is C11H12ClN3S. The minimum Gasteiger partial charge on any atom is -0.364 e. The quantitative estimate of drug-likeness (QED) is 0.911. The van der Waals surface area contributed by atoms with Gasteiger partial charge in [0.25, 0.3) is 0 Å². The predicted octanol–water partition coefficient (Wildman–Crippen LogP) is 3.42. The van der Waals surface area contributed by atoms with Crippen LogP contribution in [0.3, 0.4) is 0 Å². The van der Waals surface area contributed by atoms with Crippen LogP contribution in [-0.2, 0) is 6.54 Å². The van der Waals surface area contributed by atoms with Crippen molar-refractivity contribution >= 4 is 28.8 Å². The maximum atomic E-state index is 5.89. The van der Waals surface area contributed by atoms with Gasteiger partial charge in [-0.1, -0.05) is 11.6 Å². The van der Waals surface area contributed by atoms with Gasteiger partial charge in [-0.2, -0.15) is 11.3 Å². The Kier molecular flexibility index (Phi) is 3.41. The SMILES string of the molecule is Cc1c(Cl)nnc(NCc2ccsc2)c1C. The summed E-state index contributed by atoms with van der Waals surface area (Å²) < 4.78 is 0. The summed E-state index contributed by atoms with van der Waals surface area (Å²) in [5.41, 5.74) is 3.28. The summed E-state index contributed by atoms with van der Waals surface area (Å²) in [6.07, 6.45) is 0. The number of halogens is 1. The highest BCUT2D eigenvalue weighted by atomic mass is 35.5. The van der Waals surface area contributed by atoms with Gasteiger partial charge in [-0.15, -0.1) is 10.2 Å². The third-order valence-corrected chi connectivity index (χ3v) is 3.60. The van der Waals surface area contributed by atoms with Crippen LogP contribution in [0.15, 0.2) is 16.8 Å². The van der Waals surface area contributed by atoms with Crippen LogP contribution >= 0.6 is 22.9 Å². The van der Waals surface area contributed by atoms with E-state index in [0.717, 1.165) is 23.5 Å². The summed E-state index contributed by atoms with van der Waals surface area (Å²) in [6, 6.07) is 2.09. The van der Waals surface area contributed by atoms with Crippen LogP contribution < -0.4 is 5.32 Å². The second-order valence-corrected chi connectivity index (χ2v) is 4.71. The summed E-state index contributed by atoms with van der Waals surface area (Å²) >= 11 is 7.57. The van der Waals surface area contributed by atoms with E-state index in [9.17, 15) is 0 Å². The zero-order valence-electron chi connectivity index (χ0n) is 9.12. The predicted molar refractivity (Wildman–Crippen MR) is 68.2 cm³/mol. The average molecular weight is 254 g/mol. The van der Waals surface area contributed by atoms with E-state index in [1.807, 2.05) is 13.8 Å². The van der Waals surface area contributed by atoms with Crippen molar-refractivity contribution in [3.05, 3.63) is 38.7 Å².